The molecule has 1 N–H and O–H groups in total. The SMILES string of the molecule is O=C(Cc1cnn2ccccc12)N1CCNCC1c1ccccc1. The maximum Gasteiger partial charge on any atom is 0.227 e. The van der Waals surface area contributed by atoms with E-state index in [1.165, 1.54) is 5.56 Å². The smallest absolute Gasteiger partial charge is 0.227 e. The van der Waals surface area contributed by atoms with Gasteiger partial charge in [0.1, 0.15) is 0 Å². The molecule has 1 aliphatic rings. The molecule has 1 aliphatic heterocycles. The number of pyridine rings is 1. The van der Waals surface area contributed by atoms with E-state index in [1.54, 1.807) is 6.20 Å². The second-order valence-electron chi connectivity index (χ2n) is 6.09. The van der Waals surface area contributed by atoms with E-state index < -0.39 is 0 Å². The Kier molecular flexibility index (Phi) is 4.01. The van der Waals surface area contributed by atoms with Crippen LogP contribution in [-0.2, 0) is 11.2 Å². The first-order chi connectivity index (χ1) is 11.8. The maximum absolute atomic E-state index is 13.0. The van der Waals surface area contributed by atoms with Crippen LogP contribution in [0.3, 0.4) is 0 Å². The molecular formula is C19H20N4O. The van der Waals surface area contributed by atoms with Crippen molar-refractivity contribution in [3.8, 4) is 0 Å². The molecule has 3 heterocycles. The molecule has 3 aromatic rings. The molecule has 122 valence electrons. The number of aromatic nitrogens is 2. The Bertz CT molecular complexity index is 843. The third-order valence-electron chi connectivity index (χ3n) is 4.60. The van der Waals surface area contributed by atoms with Gasteiger partial charge in [0.25, 0.3) is 0 Å². The summed E-state index contributed by atoms with van der Waals surface area (Å²) in [5.74, 6) is 0.157. The standard InChI is InChI=1S/C19H20N4O/c24-19(12-16-13-21-23-10-5-4-8-17(16)23)22-11-9-20-14-18(22)15-6-2-1-3-7-15/h1-8,10,13,18,20H,9,11-12,14H2. The second kappa shape index (κ2) is 6.45. The van der Waals surface area contributed by atoms with Crippen LogP contribution in [0.5, 0.6) is 0 Å². The summed E-state index contributed by atoms with van der Waals surface area (Å²) >= 11 is 0. The molecule has 4 rings (SSSR count). The van der Waals surface area contributed by atoms with E-state index in [9.17, 15) is 4.79 Å². The van der Waals surface area contributed by atoms with Crippen molar-refractivity contribution in [2.24, 2.45) is 0 Å². The average molecular weight is 320 g/mol. The van der Waals surface area contributed by atoms with Crippen molar-refractivity contribution < 1.29 is 4.79 Å². The van der Waals surface area contributed by atoms with Gasteiger partial charge in [0, 0.05) is 31.4 Å². The number of hydrogen-bond acceptors (Lipinski definition) is 3. The molecule has 0 aliphatic carbocycles. The predicted molar refractivity (Wildman–Crippen MR) is 92.7 cm³/mol. The third kappa shape index (κ3) is 2.78. The fourth-order valence-electron chi connectivity index (χ4n) is 3.36. The fourth-order valence-corrected chi connectivity index (χ4v) is 3.36. The number of fused-ring (bicyclic) bond motifs is 1. The molecule has 1 aromatic carbocycles. The topological polar surface area (TPSA) is 49.6 Å². The van der Waals surface area contributed by atoms with Crippen LogP contribution in [0.1, 0.15) is 17.2 Å². The lowest BCUT2D eigenvalue weighted by atomic mass is 10.0. The second-order valence-corrected chi connectivity index (χ2v) is 6.09. The number of nitrogens with one attached hydrogen (secondary N) is 1. The van der Waals surface area contributed by atoms with Gasteiger partial charge in [0.05, 0.1) is 24.2 Å². The van der Waals surface area contributed by atoms with E-state index in [2.05, 4.69) is 22.5 Å². The molecule has 5 heteroatoms. The minimum Gasteiger partial charge on any atom is -0.333 e. The molecule has 2 aromatic heterocycles. The molecule has 0 saturated carbocycles. The van der Waals surface area contributed by atoms with Crippen LogP contribution in [0.4, 0.5) is 0 Å². The molecule has 1 saturated heterocycles. The normalized spacial score (nSPS) is 18.0. The lowest BCUT2D eigenvalue weighted by Crippen LogP contribution is -2.49. The van der Waals surface area contributed by atoms with Crippen LogP contribution < -0.4 is 5.32 Å². The van der Waals surface area contributed by atoms with Crippen LogP contribution in [0, 0.1) is 0 Å². The van der Waals surface area contributed by atoms with Gasteiger partial charge in [-0.25, -0.2) is 4.52 Å². The lowest BCUT2D eigenvalue weighted by molar-refractivity contribution is -0.133. The summed E-state index contributed by atoms with van der Waals surface area (Å²) in [7, 11) is 0. The lowest BCUT2D eigenvalue weighted by Gasteiger charge is -2.36. The quantitative estimate of drug-likeness (QED) is 0.803. The highest BCUT2D eigenvalue weighted by molar-refractivity contribution is 5.81. The monoisotopic (exact) mass is 320 g/mol. The molecule has 1 atom stereocenters. The number of rotatable bonds is 3. The highest BCUT2D eigenvalue weighted by atomic mass is 16.2. The summed E-state index contributed by atoms with van der Waals surface area (Å²) in [5.41, 5.74) is 3.15. The Labute approximate surface area is 140 Å². The molecule has 5 nitrogen and oxygen atoms in total. The van der Waals surface area contributed by atoms with E-state index in [0.717, 1.165) is 30.7 Å². The Balaban J connectivity index is 1.58. The zero-order chi connectivity index (χ0) is 16.4. The van der Waals surface area contributed by atoms with Crippen LogP contribution in [0.25, 0.3) is 5.52 Å². The van der Waals surface area contributed by atoms with Crippen molar-refractivity contribution in [3.63, 3.8) is 0 Å². The van der Waals surface area contributed by atoms with E-state index in [4.69, 9.17) is 0 Å². The number of piperazine rings is 1. The van der Waals surface area contributed by atoms with E-state index in [-0.39, 0.29) is 11.9 Å². The first-order valence-electron chi connectivity index (χ1n) is 8.29. The van der Waals surface area contributed by atoms with Gasteiger partial charge in [0.15, 0.2) is 0 Å². The summed E-state index contributed by atoms with van der Waals surface area (Å²) < 4.78 is 1.81. The van der Waals surface area contributed by atoms with Gasteiger partial charge in [0.2, 0.25) is 5.91 Å². The minimum absolute atomic E-state index is 0.0919. The van der Waals surface area contributed by atoms with Crippen LogP contribution >= 0.6 is 0 Å². The number of carbonyl (C=O) groups is 1. The van der Waals surface area contributed by atoms with Crippen molar-refractivity contribution in [2.75, 3.05) is 19.6 Å². The van der Waals surface area contributed by atoms with Gasteiger partial charge in [-0.2, -0.15) is 5.10 Å². The summed E-state index contributed by atoms with van der Waals surface area (Å²) in [5, 5.41) is 7.72. The van der Waals surface area contributed by atoms with E-state index in [0.29, 0.717) is 6.42 Å². The molecule has 24 heavy (non-hydrogen) atoms. The number of hydrogen-bond donors (Lipinski definition) is 1. The van der Waals surface area contributed by atoms with Crippen LogP contribution in [-0.4, -0.2) is 40.1 Å². The zero-order valence-corrected chi connectivity index (χ0v) is 13.4. The highest BCUT2D eigenvalue weighted by Crippen LogP contribution is 2.23. The molecule has 1 unspecified atom stereocenters. The first kappa shape index (κ1) is 14.9. The summed E-state index contributed by atoms with van der Waals surface area (Å²) in [4.78, 5) is 15.0. The van der Waals surface area contributed by atoms with Crippen molar-refractivity contribution >= 4 is 11.4 Å². The zero-order valence-electron chi connectivity index (χ0n) is 13.4. The highest BCUT2D eigenvalue weighted by Gasteiger charge is 2.28. The predicted octanol–water partition coefficient (Wildman–Crippen LogP) is 2.05. The molecule has 0 bridgehead atoms. The Morgan fingerprint density at radius 3 is 2.88 bits per heavy atom. The van der Waals surface area contributed by atoms with Gasteiger partial charge in [-0.05, 0) is 17.7 Å². The summed E-state index contributed by atoms with van der Waals surface area (Å²) in [6, 6.07) is 16.2. The van der Waals surface area contributed by atoms with Gasteiger partial charge < -0.3 is 10.2 Å². The Morgan fingerprint density at radius 2 is 2.00 bits per heavy atom. The van der Waals surface area contributed by atoms with Crippen LogP contribution in [0.2, 0.25) is 0 Å². The van der Waals surface area contributed by atoms with Gasteiger partial charge in [-0.3, -0.25) is 4.79 Å². The summed E-state index contributed by atoms with van der Waals surface area (Å²) in [6.07, 6.45) is 4.09. The van der Waals surface area contributed by atoms with E-state index >= 15 is 0 Å². The molecule has 0 radical (unpaired) electrons. The van der Waals surface area contributed by atoms with Crippen LogP contribution in [0.15, 0.2) is 60.9 Å². The maximum atomic E-state index is 13.0. The summed E-state index contributed by atoms with van der Waals surface area (Å²) in [6.45, 7) is 2.37. The molecule has 1 fully saturated rings. The number of carbonyl (C=O) groups excluding carboxylic acids is 1. The van der Waals surface area contributed by atoms with Crippen molar-refractivity contribution in [1.82, 2.24) is 19.8 Å². The average Bonchev–Trinajstić information content (AvgIpc) is 3.05. The Hall–Kier alpha value is -2.66. The van der Waals surface area contributed by atoms with Crippen molar-refractivity contribution in [3.05, 3.63) is 72.1 Å². The van der Waals surface area contributed by atoms with Crippen molar-refractivity contribution in [1.29, 1.82) is 0 Å². The van der Waals surface area contributed by atoms with Gasteiger partial charge in [-0.15, -0.1) is 0 Å². The third-order valence-corrected chi connectivity index (χ3v) is 4.60. The number of amides is 1. The molecule has 1 amide bonds. The Morgan fingerprint density at radius 1 is 1.17 bits per heavy atom. The molecular weight excluding hydrogens is 300 g/mol. The largest absolute Gasteiger partial charge is 0.333 e. The minimum atomic E-state index is 0.0919. The van der Waals surface area contributed by atoms with Gasteiger partial charge in [-0.1, -0.05) is 36.4 Å². The fraction of sp³-hybridized carbons (Fsp3) is 0.263. The number of benzene rings is 1. The van der Waals surface area contributed by atoms with Gasteiger partial charge >= 0.3 is 0 Å². The number of nitrogens with zero attached hydrogens (tertiary/aromatic N) is 3. The molecule has 0 spiro atoms. The van der Waals surface area contributed by atoms with Crippen molar-refractivity contribution in [2.45, 2.75) is 12.5 Å². The first-order valence-corrected chi connectivity index (χ1v) is 8.29. The van der Waals surface area contributed by atoms with E-state index in [1.807, 2.05) is 52.0 Å².